The van der Waals surface area contributed by atoms with Gasteiger partial charge in [-0.05, 0) is 54.1 Å². The second-order valence-corrected chi connectivity index (χ2v) is 9.74. The molecule has 11 heteroatoms. The summed E-state index contributed by atoms with van der Waals surface area (Å²) in [5.41, 5.74) is 2.35. The summed E-state index contributed by atoms with van der Waals surface area (Å²) in [5.74, 6) is 0.0996. The third kappa shape index (κ3) is 5.23. The van der Waals surface area contributed by atoms with E-state index in [-0.39, 0.29) is 22.4 Å². The van der Waals surface area contributed by atoms with Gasteiger partial charge in [0.05, 0.1) is 11.2 Å². The van der Waals surface area contributed by atoms with Gasteiger partial charge in [0, 0.05) is 29.0 Å². The number of anilines is 1. The zero-order valence-electron chi connectivity index (χ0n) is 18.0. The molecule has 176 valence electrons. The van der Waals surface area contributed by atoms with Gasteiger partial charge < -0.3 is 9.09 Å². The summed E-state index contributed by atoms with van der Waals surface area (Å²) in [4.78, 5) is 8.72. The van der Waals surface area contributed by atoms with Gasteiger partial charge in [-0.25, -0.2) is 17.8 Å². The summed E-state index contributed by atoms with van der Waals surface area (Å²) in [6.45, 7) is 0.488. The van der Waals surface area contributed by atoms with Crippen LogP contribution in [0.25, 0.3) is 23.0 Å². The molecule has 0 spiro atoms. The van der Waals surface area contributed by atoms with Crippen molar-refractivity contribution in [1.29, 1.82) is 0 Å². The van der Waals surface area contributed by atoms with E-state index < -0.39 is 10.0 Å². The van der Waals surface area contributed by atoms with Gasteiger partial charge in [0.2, 0.25) is 5.82 Å². The number of nitrogens with one attached hydrogen (secondary N) is 1. The fourth-order valence-corrected chi connectivity index (χ4v) is 4.53. The maximum atomic E-state index is 13.4. The van der Waals surface area contributed by atoms with Crippen molar-refractivity contribution >= 4 is 27.3 Å². The highest BCUT2D eigenvalue weighted by atomic mass is 35.5. The maximum absolute atomic E-state index is 13.4. The molecule has 2 heterocycles. The summed E-state index contributed by atoms with van der Waals surface area (Å²) in [6, 6.07) is 18.9. The van der Waals surface area contributed by atoms with Crippen molar-refractivity contribution in [3.05, 3.63) is 102 Å². The molecule has 0 amide bonds. The van der Waals surface area contributed by atoms with E-state index in [2.05, 4.69) is 19.8 Å². The first kappa shape index (κ1) is 22.8. The van der Waals surface area contributed by atoms with Crippen molar-refractivity contribution in [1.82, 2.24) is 19.7 Å². The molecule has 5 rings (SSSR count). The predicted molar refractivity (Wildman–Crippen MR) is 129 cm³/mol. The van der Waals surface area contributed by atoms with Crippen LogP contribution < -0.4 is 4.72 Å². The first-order chi connectivity index (χ1) is 16.9. The largest absolute Gasteiger partial charge is 0.332 e. The lowest BCUT2D eigenvalue weighted by molar-refractivity contribution is 0.431. The molecule has 0 fully saturated rings. The van der Waals surface area contributed by atoms with E-state index in [0.717, 1.165) is 5.56 Å². The van der Waals surface area contributed by atoms with Gasteiger partial charge in [-0.1, -0.05) is 41.0 Å². The van der Waals surface area contributed by atoms with Crippen LogP contribution in [0, 0.1) is 5.82 Å². The van der Waals surface area contributed by atoms with Crippen molar-refractivity contribution in [2.75, 3.05) is 4.72 Å². The quantitative estimate of drug-likeness (QED) is 0.322. The number of sulfonamides is 1. The fraction of sp³-hybridized carbons (Fsp3) is 0.0417. The molecule has 0 saturated carbocycles. The lowest BCUT2D eigenvalue weighted by Crippen LogP contribution is -2.12. The zero-order valence-corrected chi connectivity index (χ0v) is 19.5. The van der Waals surface area contributed by atoms with Gasteiger partial charge in [-0.15, -0.1) is 0 Å². The molecule has 0 saturated heterocycles. The smallest absolute Gasteiger partial charge is 0.278 e. The molecule has 5 aromatic rings. The van der Waals surface area contributed by atoms with Gasteiger partial charge in [0.25, 0.3) is 15.9 Å². The molecule has 0 radical (unpaired) electrons. The Kier molecular flexibility index (Phi) is 6.06. The topological polar surface area (TPSA) is 103 Å². The number of hydrogen-bond acceptors (Lipinski definition) is 6. The van der Waals surface area contributed by atoms with E-state index >= 15 is 0 Å². The van der Waals surface area contributed by atoms with Gasteiger partial charge in [0.15, 0.2) is 0 Å². The molecular formula is C24H17ClFN5O3S. The summed E-state index contributed by atoms with van der Waals surface area (Å²) in [7, 11) is -3.72. The molecule has 0 aliphatic rings. The molecule has 8 nitrogen and oxygen atoms in total. The minimum absolute atomic E-state index is 0.124. The molecular weight excluding hydrogens is 493 g/mol. The highest BCUT2D eigenvalue weighted by Gasteiger charge is 2.15. The normalized spacial score (nSPS) is 11.5. The molecule has 0 unspecified atom stereocenters. The predicted octanol–water partition coefficient (Wildman–Crippen LogP) is 5.24. The fourth-order valence-electron chi connectivity index (χ4n) is 3.35. The third-order valence-electron chi connectivity index (χ3n) is 5.06. The van der Waals surface area contributed by atoms with Crippen LogP contribution in [-0.4, -0.2) is 28.1 Å². The Morgan fingerprint density at radius 2 is 1.80 bits per heavy atom. The number of rotatable bonds is 7. The minimum atomic E-state index is -3.72. The Hall–Kier alpha value is -4.02. The zero-order chi connectivity index (χ0) is 24.4. The second-order valence-electron chi connectivity index (χ2n) is 7.62. The first-order valence-electron chi connectivity index (χ1n) is 10.3. The Morgan fingerprint density at radius 3 is 2.54 bits per heavy atom. The number of halogens is 2. The lowest BCUT2D eigenvalue weighted by atomic mass is 10.2. The molecule has 0 aliphatic heterocycles. The third-order valence-corrected chi connectivity index (χ3v) is 6.71. The van der Waals surface area contributed by atoms with Crippen LogP contribution in [0.5, 0.6) is 0 Å². The van der Waals surface area contributed by atoms with Crippen LogP contribution in [0.15, 0.2) is 94.7 Å². The van der Waals surface area contributed by atoms with Gasteiger partial charge >= 0.3 is 0 Å². The van der Waals surface area contributed by atoms with Crippen LogP contribution >= 0.6 is 11.6 Å². The highest BCUT2D eigenvalue weighted by molar-refractivity contribution is 7.92. The van der Waals surface area contributed by atoms with Crippen LogP contribution in [-0.2, 0) is 16.6 Å². The summed E-state index contributed by atoms with van der Waals surface area (Å²) in [5, 5.41) is 4.36. The van der Waals surface area contributed by atoms with Crippen molar-refractivity contribution in [2.24, 2.45) is 0 Å². The summed E-state index contributed by atoms with van der Waals surface area (Å²) in [6.07, 6.45) is 3.37. The van der Waals surface area contributed by atoms with Crippen molar-refractivity contribution in [2.45, 2.75) is 11.4 Å². The first-order valence-corrected chi connectivity index (χ1v) is 12.2. The molecule has 3 aromatic carbocycles. The van der Waals surface area contributed by atoms with E-state index in [1.807, 2.05) is 16.7 Å². The maximum Gasteiger partial charge on any atom is 0.278 e. The monoisotopic (exact) mass is 509 g/mol. The van der Waals surface area contributed by atoms with Gasteiger partial charge in [-0.2, -0.15) is 4.98 Å². The van der Waals surface area contributed by atoms with Gasteiger partial charge in [-0.3, -0.25) is 4.72 Å². The van der Waals surface area contributed by atoms with Crippen molar-refractivity contribution in [3.8, 4) is 23.0 Å². The molecule has 0 aliphatic carbocycles. The molecule has 0 bridgehead atoms. The average molecular weight is 510 g/mol. The summed E-state index contributed by atoms with van der Waals surface area (Å²) >= 11 is 5.83. The highest BCUT2D eigenvalue weighted by Crippen LogP contribution is 2.22. The van der Waals surface area contributed by atoms with Crippen LogP contribution in [0.4, 0.5) is 10.1 Å². The van der Waals surface area contributed by atoms with Crippen molar-refractivity contribution < 1.29 is 17.3 Å². The Balaban J connectivity index is 1.26. The van der Waals surface area contributed by atoms with Gasteiger partial charge in [0.1, 0.15) is 11.5 Å². The minimum Gasteiger partial charge on any atom is -0.332 e. The van der Waals surface area contributed by atoms with Crippen LogP contribution in [0.3, 0.4) is 0 Å². The molecule has 35 heavy (non-hydrogen) atoms. The number of aromatic nitrogens is 4. The Labute approximate surface area is 205 Å². The summed E-state index contributed by atoms with van der Waals surface area (Å²) < 4.78 is 48.2. The SMILES string of the molecule is O=S(=O)(Nc1ccc(Cn2cnc(-c3nc(-c4cccc(F)c4)no3)c2)cc1)c1ccc(Cl)cc1. The number of hydrogen-bond donors (Lipinski definition) is 1. The molecule has 0 atom stereocenters. The number of benzene rings is 3. The molecule has 2 aromatic heterocycles. The van der Waals surface area contributed by atoms with E-state index in [4.69, 9.17) is 16.1 Å². The molecule has 1 N–H and O–H groups in total. The van der Waals surface area contributed by atoms with Crippen molar-refractivity contribution in [3.63, 3.8) is 0 Å². The lowest BCUT2D eigenvalue weighted by Gasteiger charge is -2.09. The Bertz CT molecular complexity index is 1580. The Morgan fingerprint density at radius 1 is 1.03 bits per heavy atom. The number of imidazole rings is 1. The van der Waals surface area contributed by atoms with E-state index in [1.54, 1.807) is 36.8 Å². The van der Waals surface area contributed by atoms with E-state index in [9.17, 15) is 12.8 Å². The second kappa shape index (κ2) is 9.32. The van der Waals surface area contributed by atoms with Crippen LogP contribution in [0.2, 0.25) is 5.02 Å². The standard InChI is InChI=1S/C24H17ClFN5O3S/c25-18-6-10-21(11-7-18)35(32,33)30-20-8-4-16(5-9-20)13-31-14-22(27-15-31)24-28-23(29-34-24)17-2-1-3-19(26)12-17/h1-12,14-15,30H,13H2. The number of nitrogens with zero attached hydrogens (tertiary/aromatic N) is 4. The van der Waals surface area contributed by atoms with E-state index in [0.29, 0.717) is 28.5 Å². The van der Waals surface area contributed by atoms with E-state index in [1.165, 1.54) is 36.4 Å². The van der Waals surface area contributed by atoms with Crippen LogP contribution in [0.1, 0.15) is 5.56 Å². The average Bonchev–Trinajstić information content (AvgIpc) is 3.50.